The van der Waals surface area contributed by atoms with Gasteiger partial charge in [0.2, 0.25) is 0 Å². The fourth-order valence-electron chi connectivity index (χ4n) is 2.60. The molecule has 2 aliphatic rings. The van der Waals surface area contributed by atoms with Crippen molar-refractivity contribution in [2.75, 3.05) is 39.3 Å². The highest BCUT2D eigenvalue weighted by Crippen LogP contribution is 2.21. The number of ether oxygens (including phenoxy) is 1. The van der Waals surface area contributed by atoms with E-state index >= 15 is 0 Å². The Morgan fingerprint density at radius 3 is 2.67 bits per heavy atom. The maximum atomic E-state index is 5.93. The third kappa shape index (κ3) is 3.44. The molecule has 2 rings (SSSR count). The van der Waals surface area contributed by atoms with Gasteiger partial charge in [0.25, 0.3) is 0 Å². The summed E-state index contributed by atoms with van der Waals surface area (Å²) in [7, 11) is 0. The SMILES string of the molecule is CCC1CCC(CN2CC[NH2+]CC2)OC1. The van der Waals surface area contributed by atoms with E-state index < -0.39 is 0 Å². The molecule has 0 aromatic heterocycles. The summed E-state index contributed by atoms with van der Waals surface area (Å²) >= 11 is 0. The standard InChI is InChI=1S/C12H24N2O/c1-2-11-3-4-12(15-10-11)9-14-7-5-13-6-8-14/h11-13H,2-10H2,1H3/p+1. The van der Waals surface area contributed by atoms with E-state index in [1.165, 1.54) is 52.0 Å². The van der Waals surface area contributed by atoms with E-state index in [0.717, 1.165) is 12.5 Å². The summed E-state index contributed by atoms with van der Waals surface area (Å²) in [5, 5.41) is 2.41. The molecule has 0 amide bonds. The minimum atomic E-state index is 0.519. The van der Waals surface area contributed by atoms with E-state index in [9.17, 15) is 0 Å². The third-order valence-corrected chi connectivity index (χ3v) is 3.80. The summed E-state index contributed by atoms with van der Waals surface area (Å²) in [4.78, 5) is 2.57. The van der Waals surface area contributed by atoms with Gasteiger partial charge in [0.15, 0.2) is 0 Å². The smallest absolute Gasteiger partial charge is 0.0885 e. The molecule has 2 unspecified atom stereocenters. The summed E-state index contributed by atoms with van der Waals surface area (Å²) in [6, 6.07) is 0. The summed E-state index contributed by atoms with van der Waals surface area (Å²) in [6.45, 7) is 9.48. The highest BCUT2D eigenvalue weighted by atomic mass is 16.5. The molecule has 2 saturated heterocycles. The zero-order valence-electron chi connectivity index (χ0n) is 9.95. The first kappa shape index (κ1) is 11.4. The lowest BCUT2D eigenvalue weighted by Crippen LogP contribution is -2.89. The average molecular weight is 213 g/mol. The normalized spacial score (nSPS) is 34.2. The number of nitrogens with zero attached hydrogens (tertiary/aromatic N) is 1. The van der Waals surface area contributed by atoms with Crippen LogP contribution in [0.15, 0.2) is 0 Å². The van der Waals surface area contributed by atoms with Crippen molar-refractivity contribution in [1.29, 1.82) is 0 Å². The highest BCUT2D eigenvalue weighted by Gasteiger charge is 2.23. The van der Waals surface area contributed by atoms with Gasteiger partial charge in [-0.25, -0.2) is 0 Å². The quantitative estimate of drug-likeness (QED) is 0.719. The second-order valence-electron chi connectivity index (χ2n) is 4.97. The third-order valence-electron chi connectivity index (χ3n) is 3.80. The fourth-order valence-corrected chi connectivity index (χ4v) is 2.60. The monoisotopic (exact) mass is 213 g/mol. The lowest BCUT2D eigenvalue weighted by molar-refractivity contribution is -0.663. The molecule has 0 aliphatic carbocycles. The van der Waals surface area contributed by atoms with E-state index in [0.29, 0.717) is 6.10 Å². The van der Waals surface area contributed by atoms with Crippen LogP contribution in [0.4, 0.5) is 0 Å². The fraction of sp³-hybridized carbons (Fsp3) is 1.00. The molecule has 0 aromatic rings. The van der Waals surface area contributed by atoms with Gasteiger partial charge >= 0.3 is 0 Å². The van der Waals surface area contributed by atoms with Crippen molar-refractivity contribution >= 4 is 0 Å². The molecular weight excluding hydrogens is 188 g/mol. The minimum absolute atomic E-state index is 0.519. The minimum Gasteiger partial charge on any atom is -0.377 e. The number of quaternary nitrogens is 1. The molecule has 15 heavy (non-hydrogen) atoms. The van der Waals surface area contributed by atoms with Gasteiger partial charge in [0.05, 0.1) is 19.2 Å². The molecule has 0 spiro atoms. The highest BCUT2D eigenvalue weighted by molar-refractivity contribution is 4.73. The second-order valence-corrected chi connectivity index (χ2v) is 4.97. The lowest BCUT2D eigenvalue weighted by atomic mass is 9.96. The number of piperazine rings is 1. The van der Waals surface area contributed by atoms with Crippen LogP contribution in [0, 0.1) is 5.92 Å². The maximum absolute atomic E-state index is 5.93. The van der Waals surface area contributed by atoms with Gasteiger partial charge in [-0.15, -0.1) is 0 Å². The molecule has 2 aliphatic heterocycles. The van der Waals surface area contributed by atoms with Crippen LogP contribution in [0.2, 0.25) is 0 Å². The van der Waals surface area contributed by atoms with Crippen LogP contribution >= 0.6 is 0 Å². The Bertz CT molecular complexity index is 172. The maximum Gasteiger partial charge on any atom is 0.0885 e. The lowest BCUT2D eigenvalue weighted by Gasteiger charge is -2.33. The van der Waals surface area contributed by atoms with Gasteiger partial charge in [-0.3, -0.25) is 4.90 Å². The van der Waals surface area contributed by atoms with Gasteiger partial charge in [0, 0.05) is 26.2 Å². The predicted molar refractivity (Wildman–Crippen MR) is 60.9 cm³/mol. The predicted octanol–water partition coefficient (Wildman–Crippen LogP) is 0.0706. The van der Waals surface area contributed by atoms with E-state index in [2.05, 4.69) is 17.1 Å². The molecule has 3 nitrogen and oxygen atoms in total. The Morgan fingerprint density at radius 2 is 2.07 bits per heavy atom. The average Bonchev–Trinajstić information content (AvgIpc) is 2.31. The van der Waals surface area contributed by atoms with Crippen LogP contribution in [-0.4, -0.2) is 50.3 Å². The van der Waals surface area contributed by atoms with Crippen LogP contribution in [0.3, 0.4) is 0 Å². The Balaban J connectivity index is 1.67. The summed E-state index contributed by atoms with van der Waals surface area (Å²) < 4.78 is 5.93. The molecule has 2 fully saturated rings. The first-order valence-electron chi connectivity index (χ1n) is 6.54. The van der Waals surface area contributed by atoms with Crippen molar-refractivity contribution in [2.45, 2.75) is 32.3 Å². The van der Waals surface area contributed by atoms with Crippen molar-refractivity contribution in [1.82, 2.24) is 4.90 Å². The summed E-state index contributed by atoms with van der Waals surface area (Å²) in [5.74, 6) is 0.830. The molecule has 0 bridgehead atoms. The Kier molecular flexibility index (Phi) is 4.42. The van der Waals surface area contributed by atoms with Crippen molar-refractivity contribution in [3.05, 3.63) is 0 Å². The molecule has 2 N–H and O–H groups in total. The topological polar surface area (TPSA) is 29.1 Å². The van der Waals surface area contributed by atoms with Crippen LogP contribution in [0.1, 0.15) is 26.2 Å². The van der Waals surface area contributed by atoms with Crippen LogP contribution in [0.5, 0.6) is 0 Å². The van der Waals surface area contributed by atoms with Crippen molar-refractivity contribution in [3.8, 4) is 0 Å². The molecule has 0 saturated carbocycles. The Hall–Kier alpha value is -0.120. The van der Waals surface area contributed by atoms with Crippen LogP contribution in [0.25, 0.3) is 0 Å². The Labute approximate surface area is 93.2 Å². The van der Waals surface area contributed by atoms with E-state index in [-0.39, 0.29) is 0 Å². The van der Waals surface area contributed by atoms with Gasteiger partial charge in [-0.2, -0.15) is 0 Å². The zero-order valence-corrected chi connectivity index (χ0v) is 9.95. The number of hydrogen-bond acceptors (Lipinski definition) is 2. The van der Waals surface area contributed by atoms with Gasteiger partial charge in [-0.05, 0) is 18.8 Å². The van der Waals surface area contributed by atoms with E-state index in [1.807, 2.05) is 0 Å². The van der Waals surface area contributed by atoms with E-state index in [1.54, 1.807) is 0 Å². The zero-order chi connectivity index (χ0) is 10.5. The molecule has 88 valence electrons. The Morgan fingerprint density at radius 1 is 1.27 bits per heavy atom. The van der Waals surface area contributed by atoms with Gasteiger partial charge in [-0.1, -0.05) is 13.3 Å². The van der Waals surface area contributed by atoms with E-state index in [4.69, 9.17) is 4.74 Å². The summed E-state index contributed by atoms with van der Waals surface area (Å²) in [5.41, 5.74) is 0. The van der Waals surface area contributed by atoms with Crippen molar-refractivity contribution < 1.29 is 10.1 Å². The molecule has 2 heterocycles. The number of hydrogen-bond donors (Lipinski definition) is 1. The number of nitrogens with two attached hydrogens (primary N) is 1. The molecular formula is C12H25N2O+. The van der Waals surface area contributed by atoms with Gasteiger partial charge < -0.3 is 10.1 Å². The second kappa shape index (κ2) is 5.83. The molecule has 0 aromatic carbocycles. The van der Waals surface area contributed by atoms with Crippen LogP contribution in [-0.2, 0) is 4.74 Å². The number of rotatable bonds is 3. The van der Waals surface area contributed by atoms with Crippen molar-refractivity contribution in [3.63, 3.8) is 0 Å². The first-order valence-corrected chi connectivity index (χ1v) is 6.54. The molecule has 0 radical (unpaired) electrons. The van der Waals surface area contributed by atoms with Gasteiger partial charge in [0.1, 0.15) is 0 Å². The first-order chi connectivity index (χ1) is 7.38. The largest absolute Gasteiger partial charge is 0.377 e. The van der Waals surface area contributed by atoms with Crippen molar-refractivity contribution in [2.24, 2.45) is 5.92 Å². The summed E-state index contributed by atoms with van der Waals surface area (Å²) in [6.07, 6.45) is 4.46. The van der Waals surface area contributed by atoms with Crippen LogP contribution < -0.4 is 5.32 Å². The molecule has 2 atom stereocenters. The molecule has 3 heteroatoms.